The molecule has 2 heterocycles. The van der Waals surface area contributed by atoms with E-state index >= 15 is 0 Å². The summed E-state index contributed by atoms with van der Waals surface area (Å²) in [4.78, 5) is 0. The SMILES string of the molecule is CC(C)(C)C1CCC2(CCCO2)OC1. The van der Waals surface area contributed by atoms with Crippen LogP contribution >= 0.6 is 0 Å². The standard InChI is InChI=1S/C12H22O2/c1-11(2,3)10-5-7-12(14-9-10)6-4-8-13-12/h10H,4-9H2,1-3H3. The Morgan fingerprint density at radius 1 is 1.14 bits per heavy atom. The maximum absolute atomic E-state index is 5.94. The van der Waals surface area contributed by atoms with E-state index in [-0.39, 0.29) is 5.79 Å². The summed E-state index contributed by atoms with van der Waals surface area (Å²) in [6.45, 7) is 8.67. The Morgan fingerprint density at radius 2 is 1.93 bits per heavy atom. The second-order valence-corrected chi connectivity index (χ2v) is 5.78. The van der Waals surface area contributed by atoms with Gasteiger partial charge in [0.1, 0.15) is 0 Å². The Bertz CT molecular complexity index is 189. The molecule has 2 heteroatoms. The average molecular weight is 198 g/mol. The molecule has 2 unspecified atom stereocenters. The fourth-order valence-corrected chi connectivity index (χ4v) is 2.47. The Hall–Kier alpha value is -0.0800. The molecule has 2 aliphatic rings. The lowest BCUT2D eigenvalue weighted by atomic mass is 9.76. The van der Waals surface area contributed by atoms with Crippen molar-refractivity contribution in [3.8, 4) is 0 Å². The molecule has 0 aromatic carbocycles. The van der Waals surface area contributed by atoms with E-state index < -0.39 is 0 Å². The van der Waals surface area contributed by atoms with Gasteiger partial charge in [-0.25, -0.2) is 0 Å². The van der Waals surface area contributed by atoms with Crippen LogP contribution in [0.5, 0.6) is 0 Å². The van der Waals surface area contributed by atoms with Gasteiger partial charge in [-0.3, -0.25) is 0 Å². The highest BCUT2D eigenvalue weighted by Gasteiger charge is 2.42. The van der Waals surface area contributed by atoms with Crippen LogP contribution in [0.15, 0.2) is 0 Å². The third-order valence-electron chi connectivity index (χ3n) is 3.71. The minimum Gasteiger partial charge on any atom is -0.350 e. The predicted octanol–water partition coefficient (Wildman–Crippen LogP) is 2.97. The molecule has 2 saturated heterocycles. The molecule has 2 rings (SSSR count). The Kier molecular flexibility index (Phi) is 2.61. The second-order valence-electron chi connectivity index (χ2n) is 5.78. The fraction of sp³-hybridized carbons (Fsp3) is 1.00. The predicted molar refractivity (Wildman–Crippen MR) is 56.0 cm³/mol. The number of rotatable bonds is 0. The van der Waals surface area contributed by atoms with Gasteiger partial charge in [0.05, 0.1) is 13.2 Å². The van der Waals surface area contributed by atoms with E-state index in [1.54, 1.807) is 0 Å². The van der Waals surface area contributed by atoms with Crippen molar-refractivity contribution in [3.05, 3.63) is 0 Å². The largest absolute Gasteiger partial charge is 0.350 e. The summed E-state index contributed by atoms with van der Waals surface area (Å²) in [5.74, 6) is 0.513. The van der Waals surface area contributed by atoms with E-state index in [2.05, 4.69) is 20.8 Å². The van der Waals surface area contributed by atoms with Gasteiger partial charge in [-0.2, -0.15) is 0 Å². The smallest absolute Gasteiger partial charge is 0.168 e. The van der Waals surface area contributed by atoms with Gasteiger partial charge in [0.15, 0.2) is 5.79 Å². The number of ether oxygens (including phenoxy) is 2. The van der Waals surface area contributed by atoms with Gasteiger partial charge in [-0.1, -0.05) is 20.8 Å². The second kappa shape index (κ2) is 3.49. The number of hydrogen-bond acceptors (Lipinski definition) is 2. The van der Waals surface area contributed by atoms with Crippen molar-refractivity contribution in [1.82, 2.24) is 0 Å². The first-order valence-corrected chi connectivity index (χ1v) is 5.80. The van der Waals surface area contributed by atoms with Gasteiger partial charge in [-0.05, 0) is 24.2 Å². The zero-order valence-corrected chi connectivity index (χ0v) is 9.64. The molecule has 0 aromatic rings. The Balaban J connectivity index is 1.92. The zero-order chi connectivity index (χ0) is 10.2. The van der Waals surface area contributed by atoms with Gasteiger partial charge in [0, 0.05) is 12.8 Å². The summed E-state index contributed by atoms with van der Waals surface area (Å²) in [6.07, 6.45) is 4.61. The van der Waals surface area contributed by atoms with Gasteiger partial charge in [-0.15, -0.1) is 0 Å². The quantitative estimate of drug-likeness (QED) is 0.596. The van der Waals surface area contributed by atoms with Crippen molar-refractivity contribution in [1.29, 1.82) is 0 Å². The average Bonchev–Trinajstić information content (AvgIpc) is 2.53. The van der Waals surface area contributed by atoms with Crippen molar-refractivity contribution in [3.63, 3.8) is 0 Å². The number of hydrogen-bond donors (Lipinski definition) is 0. The molecule has 0 bridgehead atoms. The van der Waals surface area contributed by atoms with Crippen molar-refractivity contribution in [2.75, 3.05) is 13.2 Å². The lowest BCUT2D eigenvalue weighted by molar-refractivity contribution is -0.247. The summed E-state index contributed by atoms with van der Waals surface area (Å²) < 4.78 is 11.7. The van der Waals surface area contributed by atoms with Crippen molar-refractivity contribution in [2.24, 2.45) is 11.3 Å². The highest BCUT2D eigenvalue weighted by molar-refractivity contribution is 4.85. The summed E-state index contributed by atoms with van der Waals surface area (Å²) >= 11 is 0. The van der Waals surface area contributed by atoms with Crippen LogP contribution in [0.25, 0.3) is 0 Å². The van der Waals surface area contributed by atoms with E-state index in [0.29, 0.717) is 11.3 Å². The molecule has 82 valence electrons. The lowest BCUT2D eigenvalue weighted by Crippen LogP contribution is -2.42. The fourth-order valence-electron chi connectivity index (χ4n) is 2.47. The van der Waals surface area contributed by atoms with E-state index in [1.165, 1.54) is 12.8 Å². The molecule has 0 N–H and O–H groups in total. The molecule has 0 saturated carbocycles. The molecule has 0 radical (unpaired) electrons. The minimum absolute atomic E-state index is 0.179. The Morgan fingerprint density at radius 3 is 2.36 bits per heavy atom. The van der Waals surface area contributed by atoms with Crippen molar-refractivity contribution in [2.45, 2.75) is 52.2 Å². The highest BCUT2D eigenvalue weighted by Crippen LogP contribution is 2.42. The van der Waals surface area contributed by atoms with E-state index in [9.17, 15) is 0 Å². The van der Waals surface area contributed by atoms with Crippen LogP contribution < -0.4 is 0 Å². The van der Waals surface area contributed by atoms with Crippen LogP contribution in [-0.2, 0) is 9.47 Å². The van der Waals surface area contributed by atoms with Crippen molar-refractivity contribution >= 4 is 0 Å². The summed E-state index contributed by atoms with van der Waals surface area (Å²) in [6, 6.07) is 0. The molecule has 14 heavy (non-hydrogen) atoms. The molecular weight excluding hydrogens is 176 g/mol. The van der Waals surface area contributed by atoms with Crippen LogP contribution in [0.4, 0.5) is 0 Å². The highest BCUT2D eigenvalue weighted by atomic mass is 16.7. The Labute approximate surface area is 87.0 Å². The lowest BCUT2D eigenvalue weighted by Gasteiger charge is -2.41. The third kappa shape index (κ3) is 1.96. The van der Waals surface area contributed by atoms with Gasteiger partial charge in [0.2, 0.25) is 0 Å². The first kappa shape index (κ1) is 10.4. The van der Waals surface area contributed by atoms with E-state index in [0.717, 1.165) is 26.1 Å². The summed E-state index contributed by atoms with van der Waals surface area (Å²) in [5, 5.41) is 0. The van der Waals surface area contributed by atoms with Crippen molar-refractivity contribution < 1.29 is 9.47 Å². The van der Waals surface area contributed by atoms with Crippen LogP contribution in [0.2, 0.25) is 0 Å². The first-order valence-electron chi connectivity index (χ1n) is 5.80. The molecule has 2 atom stereocenters. The van der Waals surface area contributed by atoms with E-state index in [4.69, 9.17) is 9.47 Å². The van der Waals surface area contributed by atoms with Crippen LogP contribution in [0, 0.1) is 11.3 Å². The molecule has 0 amide bonds. The summed E-state index contributed by atoms with van der Waals surface area (Å²) in [5.41, 5.74) is 0.375. The maximum Gasteiger partial charge on any atom is 0.168 e. The van der Waals surface area contributed by atoms with Crippen LogP contribution in [-0.4, -0.2) is 19.0 Å². The molecule has 2 aliphatic heterocycles. The van der Waals surface area contributed by atoms with Gasteiger partial charge < -0.3 is 9.47 Å². The molecular formula is C12H22O2. The minimum atomic E-state index is -0.179. The molecule has 0 aliphatic carbocycles. The normalized spacial score (nSPS) is 39.2. The zero-order valence-electron chi connectivity index (χ0n) is 9.64. The molecule has 1 spiro atoms. The topological polar surface area (TPSA) is 18.5 Å². The van der Waals surface area contributed by atoms with Gasteiger partial charge in [0.25, 0.3) is 0 Å². The first-order chi connectivity index (χ1) is 6.52. The molecule has 2 fully saturated rings. The van der Waals surface area contributed by atoms with E-state index in [1.807, 2.05) is 0 Å². The van der Waals surface area contributed by atoms with Crippen LogP contribution in [0.3, 0.4) is 0 Å². The van der Waals surface area contributed by atoms with Gasteiger partial charge >= 0.3 is 0 Å². The monoisotopic (exact) mass is 198 g/mol. The molecule has 2 nitrogen and oxygen atoms in total. The molecule has 0 aromatic heterocycles. The third-order valence-corrected chi connectivity index (χ3v) is 3.71. The summed E-state index contributed by atoms with van der Waals surface area (Å²) in [7, 11) is 0. The van der Waals surface area contributed by atoms with Crippen LogP contribution in [0.1, 0.15) is 46.5 Å². The maximum atomic E-state index is 5.94.